The van der Waals surface area contributed by atoms with Gasteiger partial charge in [-0.2, -0.15) is 11.3 Å². The lowest BCUT2D eigenvalue weighted by Gasteiger charge is -2.18. The quantitative estimate of drug-likeness (QED) is 0.712. The van der Waals surface area contributed by atoms with Gasteiger partial charge in [-0.3, -0.25) is 5.32 Å². The normalized spacial score (nSPS) is 11.9. The van der Waals surface area contributed by atoms with Gasteiger partial charge in [0.1, 0.15) is 0 Å². The van der Waals surface area contributed by atoms with Gasteiger partial charge in [-0.05, 0) is 40.1 Å². The minimum Gasteiger partial charge on any atom is -0.327 e. The Labute approximate surface area is 140 Å². The number of amides is 2. The van der Waals surface area contributed by atoms with Crippen LogP contribution in [0.2, 0.25) is 5.02 Å². The van der Waals surface area contributed by atoms with Gasteiger partial charge >= 0.3 is 6.03 Å². The fourth-order valence-corrected chi connectivity index (χ4v) is 3.34. The van der Waals surface area contributed by atoms with E-state index < -0.39 is 0 Å². The molecule has 4 nitrogen and oxygen atoms in total. The van der Waals surface area contributed by atoms with E-state index in [0.717, 1.165) is 11.1 Å². The molecule has 0 bridgehead atoms. The molecule has 1 aromatic carbocycles. The van der Waals surface area contributed by atoms with Crippen LogP contribution in [0.5, 0.6) is 0 Å². The first-order valence-electron chi connectivity index (χ1n) is 6.47. The maximum atomic E-state index is 12.2. The third-order valence-electron chi connectivity index (χ3n) is 3.01. The summed E-state index contributed by atoms with van der Waals surface area (Å²) in [6, 6.07) is 8.92. The SMILES string of the molecule is O=C(Nc1nccs1)N[C@H](c1ccc(Cl)cc1)c1ccsc1. The summed E-state index contributed by atoms with van der Waals surface area (Å²) in [7, 11) is 0. The van der Waals surface area contributed by atoms with Gasteiger partial charge in [0.15, 0.2) is 5.13 Å². The van der Waals surface area contributed by atoms with E-state index in [9.17, 15) is 4.79 Å². The zero-order valence-electron chi connectivity index (χ0n) is 11.3. The summed E-state index contributed by atoms with van der Waals surface area (Å²) in [5.74, 6) is 0. The Kier molecular flexibility index (Phi) is 4.72. The molecule has 22 heavy (non-hydrogen) atoms. The third-order valence-corrected chi connectivity index (χ3v) is 4.65. The Morgan fingerprint density at radius 3 is 2.59 bits per heavy atom. The fraction of sp³-hybridized carbons (Fsp3) is 0.0667. The first kappa shape index (κ1) is 15.0. The van der Waals surface area contributed by atoms with Gasteiger partial charge in [-0.1, -0.05) is 23.7 Å². The highest BCUT2D eigenvalue weighted by Gasteiger charge is 2.17. The molecule has 2 amide bonds. The van der Waals surface area contributed by atoms with Crippen LogP contribution < -0.4 is 10.6 Å². The molecule has 7 heteroatoms. The van der Waals surface area contributed by atoms with E-state index in [1.807, 2.05) is 46.5 Å². The standard InChI is InChI=1S/C15H12ClN3OS2/c16-12-3-1-10(2-4-12)13(11-5-7-21-9-11)18-14(20)19-15-17-6-8-22-15/h1-9,13H,(H2,17,18,19,20)/t13-/m1/s1. The van der Waals surface area contributed by atoms with Crippen LogP contribution >= 0.6 is 34.3 Å². The highest BCUT2D eigenvalue weighted by Crippen LogP contribution is 2.25. The number of carbonyl (C=O) groups excluding carboxylic acids is 1. The zero-order chi connectivity index (χ0) is 15.4. The molecule has 0 saturated carbocycles. The van der Waals surface area contributed by atoms with E-state index in [0.29, 0.717) is 10.2 Å². The molecule has 112 valence electrons. The predicted octanol–water partition coefficient (Wildman–Crippen LogP) is 4.77. The number of anilines is 1. The molecule has 0 aliphatic carbocycles. The number of hydrogen-bond donors (Lipinski definition) is 2. The minimum absolute atomic E-state index is 0.233. The van der Waals surface area contributed by atoms with Gasteiger partial charge in [0.05, 0.1) is 6.04 Å². The molecule has 0 unspecified atom stereocenters. The molecule has 0 aliphatic rings. The first-order valence-corrected chi connectivity index (χ1v) is 8.67. The van der Waals surface area contributed by atoms with Crippen LogP contribution in [-0.4, -0.2) is 11.0 Å². The largest absolute Gasteiger partial charge is 0.327 e. The van der Waals surface area contributed by atoms with Crippen molar-refractivity contribution in [3.05, 3.63) is 68.8 Å². The molecule has 2 N–H and O–H groups in total. The second-order valence-electron chi connectivity index (χ2n) is 4.48. The zero-order valence-corrected chi connectivity index (χ0v) is 13.7. The lowest BCUT2D eigenvalue weighted by Crippen LogP contribution is -2.33. The van der Waals surface area contributed by atoms with Crippen molar-refractivity contribution in [3.8, 4) is 0 Å². The summed E-state index contributed by atoms with van der Waals surface area (Å²) >= 11 is 8.90. The van der Waals surface area contributed by atoms with Crippen LogP contribution in [0, 0.1) is 0 Å². The Hall–Kier alpha value is -1.89. The molecule has 1 atom stereocenters. The van der Waals surface area contributed by atoms with Crippen molar-refractivity contribution in [1.82, 2.24) is 10.3 Å². The van der Waals surface area contributed by atoms with E-state index in [-0.39, 0.29) is 12.1 Å². The van der Waals surface area contributed by atoms with Crippen LogP contribution in [0.25, 0.3) is 0 Å². The van der Waals surface area contributed by atoms with E-state index >= 15 is 0 Å². The van der Waals surface area contributed by atoms with Gasteiger partial charge in [0, 0.05) is 16.6 Å². The van der Waals surface area contributed by atoms with E-state index in [1.165, 1.54) is 11.3 Å². The van der Waals surface area contributed by atoms with Gasteiger partial charge in [0.2, 0.25) is 0 Å². The Morgan fingerprint density at radius 1 is 1.14 bits per heavy atom. The second kappa shape index (κ2) is 6.91. The lowest BCUT2D eigenvalue weighted by atomic mass is 10.0. The predicted molar refractivity (Wildman–Crippen MR) is 91.9 cm³/mol. The molecule has 0 spiro atoms. The lowest BCUT2D eigenvalue weighted by molar-refractivity contribution is 0.250. The number of benzene rings is 1. The van der Waals surface area contributed by atoms with Crippen molar-refractivity contribution in [3.63, 3.8) is 0 Å². The number of urea groups is 1. The molecule has 0 radical (unpaired) electrons. The van der Waals surface area contributed by atoms with Gasteiger partial charge in [-0.15, -0.1) is 11.3 Å². The molecule has 0 saturated heterocycles. The third kappa shape index (κ3) is 3.65. The summed E-state index contributed by atoms with van der Waals surface area (Å²) in [4.78, 5) is 16.2. The molecule has 0 aliphatic heterocycles. The summed E-state index contributed by atoms with van der Waals surface area (Å²) in [5, 5.41) is 12.8. The van der Waals surface area contributed by atoms with Crippen molar-refractivity contribution in [2.75, 3.05) is 5.32 Å². The molecule has 2 heterocycles. The van der Waals surface area contributed by atoms with Crippen LogP contribution in [0.15, 0.2) is 52.7 Å². The number of rotatable bonds is 4. The van der Waals surface area contributed by atoms with Gasteiger partial charge < -0.3 is 5.32 Å². The van der Waals surface area contributed by atoms with Crippen LogP contribution in [0.3, 0.4) is 0 Å². The number of halogens is 1. The average Bonchev–Trinajstić information content (AvgIpc) is 3.19. The molecule has 2 aromatic heterocycles. The number of thiazole rings is 1. The van der Waals surface area contributed by atoms with Crippen molar-refractivity contribution in [2.45, 2.75) is 6.04 Å². The van der Waals surface area contributed by atoms with E-state index in [1.54, 1.807) is 17.5 Å². The number of carbonyl (C=O) groups is 1. The van der Waals surface area contributed by atoms with Crippen molar-refractivity contribution in [1.29, 1.82) is 0 Å². The number of thiophene rings is 1. The van der Waals surface area contributed by atoms with E-state index in [4.69, 9.17) is 11.6 Å². The summed E-state index contributed by atoms with van der Waals surface area (Å²) in [6.07, 6.45) is 1.65. The van der Waals surface area contributed by atoms with E-state index in [2.05, 4.69) is 15.6 Å². The Balaban J connectivity index is 1.80. The smallest absolute Gasteiger partial charge is 0.321 e. The number of nitrogens with one attached hydrogen (secondary N) is 2. The first-order chi connectivity index (χ1) is 10.7. The van der Waals surface area contributed by atoms with Crippen molar-refractivity contribution >= 4 is 45.4 Å². The van der Waals surface area contributed by atoms with Gasteiger partial charge in [0.25, 0.3) is 0 Å². The second-order valence-corrected chi connectivity index (χ2v) is 6.59. The highest BCUT2D eigenvalue weighted by molar-refractivity contribution is 7.13. The molecule has 3 rings (SSSR count). The summed E-state index contributed by atoms with van der Waals surface area (Å²) in [6.45, 7) is 0. The highest BCUT2D eigenvalue weighted by atomic mass is 35.5. The maximum absolute atomic E-state index is 12.2. The van der Waals surface area contributed by atoms with Crippen molar-refractivity contribution in [2.24, 2.45) is 0 Å². The number of aromatic nitrogens is 1. The van der Waals surface area contributed by atoms with Crippen molar-refractivity contribution < 1.29 is 4.79 Å². The van der Waals surface area contributed by atoms with Crippen LogP contribution in [-0.2, 0) is 0 Å². The molecule has 3 aromatic rings. The maximum Gasteiger partial charge on any atom is 0.321 e. The molecular weight excluding hydrogens is 338 g/mol. The Morgan fingerprint density at radius 2 is 1.95 bits per heavy atom. The number of nitrogens with zero attached hydrogens (tertiary/aromatic N) is 1. The molecular formula is C15H12ClN3OS2. The minimum atomic E-state index is -0.291. The Bertz CT molecular complexity index is 727. The fourth-order valence-electron chi connectivity index (χ4n) is 2.00. The summed E-state index contributed by atoms with van der Waals surface area (Å²) < 4.78 is 0. The van der Waals surface area contributed by atoms with Gasteiger partial charge in [-0.25, -0.2) is 9.78 Å². The topological polar surface area (TPSA) is 54.0 Å². The average molecular weight is 350 g/mol. The molecule has 0 fully saturated rings. The number of hydrogen-bond acceptors (Lipinski definition) is 4. The van der Waals surface area contributed by atoms with Crippen LogP contribution in [0.1, 0.15) is 17.2 Å². The monoisotopic (exact) mass is 349 g/mol. The van der Waals surface area contributed by atoms with Crippen LogP contribution in [0.4, 0.5) is 9.93 Å². The summed E-state index contributed by atoms with van der Waals surface area (Å²) in [5.41, 5.74) is 2.00.